The number of ether oxygens (including phenoxy) is 1. The van der Waals surface area contributed by atoms with E-state index >= 15 is 0 Å². The smallest absolute Gasteiger partial charge is 0.271 e. The van der Waals surface area contributed by atoms with Gasteiger partial charge in [-0.05, 0) is 42.5 Å². The molecule has 0 aromatic heterocycles. The Labute approximate surface area is 190 Å². The second-order valence-electron chi connectivity index (χ2n) is 6.48. The Morgan fingerprint density at radius 2 is 1.47 bits per heavy atom. The van der Waals surface area contributed by atoms with Crippen molar-refractivity contribution in [3.05, 3.63) is 95.0 Å². The maximum absolute atomic E-state index is 12.6. The predicted molar refractivity (Wildman–Crippen MR) is 120 cm³/mol. The summed E-state index contributed by atoms with van der Waals surface area (Å²) in [5, 5.41) is 0.0304. The van der Waals surface area contributed by atoms with E-state index in [0.29, 0.717) is 11.3 Å². The maximum atomic E-state index is 12.6. The first kappa shape index (κ1) is 23.3. The molecular weight excluding hydrogens is 454 g/mol. The average Bonchev–Trinajstić information content (AvgIpc) is 2.81. The number of para-hydroxylation sites is 1. The summed E-state index contributed by atoms with van der Waals surface area (Å²) in [5.74, 6) is -0.669. The van der Waals surface area contributed by atoms with E-state index in [1.807, 2.05) is 18.2 Å². The van der Waals surface area contributed by atoms with Gasteiger partial charge in [-0.25, -0.2) is 13.1 Å². The van der Waals surface area contributed by atoms with Crippen molar-refractivity contribution in [3.8, 4) is 5.75 Å². The van der Waals surface area contributed by atoms with Crippen LogP contribution in [0.4, 0.5) is 0 Å². The Balaban J connectivity index is 1.60. The Kier molecular flexibility index (Phi) is 7.82. The van der Waals surface area contributed by atoms with Crippen molar-refractivity contribution < 1.29 is 22.7 Å². The lowest BCUT2D eigenvalue weighted by molar-refractivity contribution is 0.0846. The van der Waals surface area contributed by atoms with Crippen LogP contribution in [0.25, 0.3) is 0 Å². The number of nitrogens with one attached hydrogen (secondary N) is 3. The van der Waals surface area contributed by atoms with E-state index < -0.39 is 21.8 Å². The van der Waals surface area contributed by atoms with Crippen LogP contribution in [-0.2, 0) is 10.0 Å². The number of hydrogen-bond donors (Lipinski definition) is 3. The molecule has 0 fully saturated rings. The van der Waals surface area contributed by atoms with Crippen molar-refractivity contribution in [1.82, 2.24) is 15.6 Å². The van der Waals surface area contributed by atoms with Crippen LogP contribution in [0.3, 0.4) is 0 Å². The zero-order valence-electron chi connectivity index (χ0n) is 16.7. The third-order valence-electron chi connectivity index (χ3n) is 4.22. The first-order valence-electron chi connectivity index (χ1n) is 9.49. The largest absolute Gasteiger partial charge is 0.492 e. The SMILES string of the molecule is O=C(NNC(=O)c1cc(S(=O)(=O)NCCOc2ccccc2)ccc1Cl)c1ccccc1. The first-order chi connectivity index (χ1) is 15.4. The number of sulfonamides is 1. The molecule has 0 atom stereocenters. The fraction of sp³-hybridized carbons (Fsp3) is 0.0909. The highest BCUT2D eigenvalue weighted by atomic mass is 35.5. The van der Waals surface area contributed by atoms with Gasteiger partial charge < -0.3 is 4.74 Å². The zero-order chi connectivity index (χ0) is 23.0. The normalized spacial score (nSPS) is 10.9. The zero-order valence-corrected chi connectivity index (χ0v) is 18.3. The lowest BCUT2D eigenvalue weighted by Crippen LogP contribution is -2.41. The highest BCUT2D eigenvalue weighted by Crippen LogP contribution is 2.20. The summed E-state index contributed by atoms with van der Waals surface area (Å²) in [7, 11) is -3.92. The van der Waals surface area contributed by atoms with Crippen LogP contribution in [0, 0.1) is 0 Å². The molecule has 0 bridgehead atoms. The minimum atomic E-state index is -3.92. The summed E-state index contributed by atoms with van der Waals surface area (Å²) < 4.78 is 33.0. The molecule has 0 radical (unpaired) electrons. The molecule has 0 spiro atoms. The number of carbonyl (C=O) groups excluding carboxylic acids is 2. The number of rotatable bonds is 8. The Morgan fingerprint density at radius 1 is 0.844 bits per heavy atom. The molecule has 8 nitrogen and oxygen atoms in total. The molecule has 3 aromatic carbocycles. The molecule has 0 saturated carbocycles. The van der Waals surface area contributed by atoms with Gasteiger partial charge in [0.15, 0.2) is 0 Å². The summed E-state index contributed by atoms with van der Waals surface area (Å²) in [6.07, 6.45) is 0. The molecule has 0 aliphatic carbocycles. The third-order valence-corrected chi connectivity index (χ3v) is 6.01. The Bertz CT molecular complexity index is 1190. The monoisotopic (exact) mass is 473 g/mol. The summed E-state index contributed by atoms with van der Waals surface area (Å²) in [5.41, 5.74) is 4.73. The van der Waals surface area contributed by atoms with Crippen LogP contribution >= 0.6 is 11.6 Å². The molecule has 0 unspecified atom stereocenters. The number of halogens is 1. The number of carbonyl (C=O) groups is 2. The quantitative estimate of drug-likeness (QED) is 0.344. The molecule has 3 aromatic rings. The van der Waals surface area contributed by atoms with Crippen LogP contribution in [0.1, 0.15) is 20.7 Å². The van der Waals surface area contributed by atoms with Crippen molar-refractivity contribution in [2.45, 2.75) is 4.90 Å². The summed E-state index contributed by atoms with van der Waals surface area (Å²) in [6, 6.07) is 21.0. The van der Waals surface area contributed by atoms with Gasteiger partial charge in [0.25, 0.3) is 11.8 Å². The van der Waals surface area contributed by atoms with E-state index in [4.69, 9.17) is 16.3 Å². The first-order valence-corrected chi connectivity index (χ1v) is 11.4. The second-order valence-corrected chi connectivity index (χ2v) is 8.65. The molecule has 3 N–H and O–H groups in total. The van der Waals surface area contributed by atoms with E-state index in [-0.39, 0.29) is 28.6 Å². The highest BCUT2D eigenvalue weighted by molar-refractivity contribution is 7.89. The van der Waals surface area contributed by atoms with Crippen molar-refractivity contribution in [2.75, 3.05) is 13.2 Å². The number of hydrazine groups is 1. The average molecular weight is 474 g/mol. The highest BCUT2D eigenvalue weighted by Gasteiger charge is 2.19. The van der Waals surface area contributed by atoms with Crippen molar-refractivity contribution in [2.24, 2.45) is 0 Å². The van der Waals surface area contributed by atoms with E-state index in [0.717, 1.165) is 6.07 Å². The van der Waals surface area contributed by atoms with Gasteiger partial charge in [0.2, 0.25) is 10.0 Å². The topological polar surface area (TPSA) is 114 Å². The van der Waals surface area contributed by atoms with Gasteiger partial charge in [-0.1, -0.05) is 48.0 Å². The van der Waals surface area contributed by atoms with Crippen LogP contribution in [0.5, 0.6) is 5.75 Å². The fourth-order valence-electron chi connectivity index (χ4n) is 2.63. The molecular formula is C22H20ClN3O5S. The number of hydrogen-bond acceptors (Lipinski definition) is 5. The Morgan fingerprint density at radius 3 is 2.16 bits per heavy atom. The van der Waals surface area contributed by atoms with Gasteiger partial charge >= 0.3 is 0 Å². The Hall–Kier alpha value is -3.40. The number of amides is 2. The summed E-state index contributed by atoms with van der Waals surface area (Å²) in [6.45, 7) is 0.143. The molecule has 0 heterocycles. The van der Waals surface area contributed by atoms with Crippen LogP contribution in [0.2, 0.25) is 5.02 Å². The minimum Gasteiger partial charge on any atom is -0.492 e. The van der Waals surface area contributed by atoms with Gasteiger partial charge in [-0.15, -0.1) is 0 Å². The van der Waals surface area contributed by atoms with Crippen LogP contribution in [-0.4, -0.2) is 33.4 Å². The van der Waals surface area contributed by atoms with Gasteiger partial charge in [-0.3, -0.25) is 20.4 Å². The predicted octanol–water partition coefficient (Wildman–Crippen LogP) is 2.77. The van der Waals surface area contributed by atoms with Gasteiger partial charge in [0.05, 0.1) is 15.5 Å². The van der Waals surface area contributed by atoms with E-state index in [2.05, 4.69) is 15.6 Å². The van der Waals surface area contributed by atoms with Crippen molar-refractivity contribution >= 4 is 33.4 Å². The standard InChI is InChI=1S/C22H20ClN3O5S/c23-20-12-11-18(32(29,30)24-13-14-31-17-9-5-2-6-10-17)15-19(20)22(28)26-25-21(27)16-7-3-1-4-8-16/h1-12,15,24H,13-14H2,(H,25,27)(H,26,28). The minimum absolute atomic E-state index is 0.0223. The lowest BCUT2D eigenvalue weighted by Gasteiger charge is -2.11. The van der Waals surface area contributed by atoms with Gasteiger partial charge in [0, 0.05) is 12.1 Å². The lowest BCUT2D eigenvalue weighted by atomic mass is 10.2. The van der Waals surface area contributed by atoms with Crippen molar-refractivity contribution in [1.29, 1.82) is 0 Å². The fourth-order valence-corrected chi connectivity index (χ4v) is 3.88. The van der Waals surface area contributed by atoms with E-state index in [1.165, 1.54) is 12.1 Å². The van der Waals surface area contributed by atoms with Gasteiger partial charge in [0.1, 0.15) is 12.4 Å². The van der Waals surface area contributed by atoms with E-state index in [9.17, 15) is 18.0 Å². The second kappa shape index (κ2) is 10.8. The summed E-state index contributed by atoms with van der Waals surface area (Å²) >= 11 is 6.06. The molecule has 0 aliphatic heterocycles. The summed E-state index contributed by atoms with van der Waals surface area (Å²) in [4.78, 5) is 24.4. The molecule has 2 amide bonds. The molecule has 10 heteroatoms. The molecule has 166 valence electrons. The third kappa shape index (κ3) is 6.30. The van der Waals surface area contributed by atoms with Crippen LogP contribution in [0.15, 0.2) is 83.8 Å². The molecule has 0 aliphatic rings. The van der Waals surface area contributed by atoms with E-state index in [1.54, 1.807) is 42.5 Å². The molecule has 0 saturated heterocycles. The van der Waals surface area contributed by atoms with Gasteiger partial charge in [-0.2, -0.15) is 0 Å². The molecule has 32 heavy (non-hydrogen) atoms. The molecule has 3 rings (SSSR count). The number of benzene rings is 3. The maximum Gasteiger partial charge on any atom is 0.271 e. The van der Waals surface area contributed by atoms with Crippen molar-refractivity contribution in [3.63, 3.8) is 0 Å². The van der Waals surface area contributed by atoms with Crippen LogP contribution < -0.4 is 20.3 Å².